The van der Waals surface area contributed by atoms with E-state index in [1.165, 1.54) is 16.9 Å². The number of carbonyl (C=O) groups excluding carboxylic acids is 2. The Labute approximate surface area is 151 Å². The third-order valence-corrected chi connectivity index (χ3v) is 5.20. The molecule has 2 aromatic rings. The lowest BCUT2D eigenvalue weighted by Crippen LogP contribution is -2.22. The summed E-state index contributed by atoms with van der Waals surface area (Å²) in [5.74, 6) is -0.501. The Morgan fingerprint density at radius 1 is 1.04 bits per heavy atom. The van der Waals surface area contributed by atoms with Crippen molar-refractivity contribution in [2.45, 2.75) is 39.5 Å². The van der Waals surface area contributed by atoms with Gasteiger partial charge in [-0.3, -0.25) is 9.59 Å². The van der Waals surface area contributed by atoms with E-state index in [4.69, 9.17) is 0 Å². The number of fused-ring (bicyclic) bond motifs is 1. The molecule has 1 aliphatic rings. The number of para-hydroxylation sites is 1. The van der Waals surface area contributed by atoms with Crippen LogP contribution < -0.4 is 10.7 Å². The van der Waals surface area contributed by atoms with Crippen LogP contribution in [0, 0.1) is 0 Å². The number of hydrogen-bond donors (Lipinski definition) is 2. The molecule has 0 atom stereocenters. The number of anilines is 1. The van der Waals surface area contributed by atoms with Crippen molar-refractivity contribution in [1.82, 2.24) is 5.43 Å². The topological polar surface area (TPSA) is 70.6 Å². The molecule has 2 amide bonds. The van der Waals surface area contributed by atoms with Gasteiger partial charge < -0.3 is 5.32 Å². The van der Waals surface area contributed by atoms with E-state index < -0.39 is 0 Å². The van der Waals surface area contributed by atoms with Crippen LogP contribution in [0.15, 0.2) is 34.7 Å². The molecule has 0 radical (unpaired) electrons. The fraction of sp³-hybridized carbons (Fsp3) is 0.316. The number of aryl methyl sites for hydroxylation is 1. The van der Waals surface area contributed by atoms with Gasteiger partial charge in [-0.05, 0) is 57.2 Å². The van der Waals surface area contributed by atoms with Gasteiger partial charge in [-0.25, -0.2) is 5.43 Å². The number of benzene rings is 1. The van der Waals surface area contributed by atoms with E-state index in [0.29, 0.717) is 11.3 Å². The molecule has 25 heavy (non-hydrogen) atoms. The van der Waals surface area contributed by atoms with Crippen LogP contribution in [0.1, 0.15) is 57.8 Å². The first-order valence-corrected chi connectivity index (χ1v) is 9.25. The standard InChI is InChI=1S/C19H21N3O2S/c1-12(2)21-22-19(24)14-8-3-5-9-16(14)20-18(23)15-11-25-17-10-6-4-7-13(15)17/h3,5,8-9,11H,4,6-7,10H2,1-2H3,(H,20,23)(H,22,24). The number of hydrogen-bond acceptors (Lipinski definition) is 4. The summed E-state index contributed by atoms with van der Waals surface area (Å²) < 4.78 is 0. The Morgan fingerprint density at radius 3 is 2.60 bits per heavy atom. The van der Waals surface area contributed by atoms with Crippen LogP contribution in [-0.2, 0) is 12.8 Å². The molecule has 0 saturated heterocycles. The highest BCUT2D eigenvalue weighted by atomic mass is 32.1. The average Bonchev–Trinajstić information content (AvgIpc) is 3.04. The maximum absolute atomic E-state index is 12.7. The van der Waals surface area contributed by atoms with Gasteiger partial charge in [0.2, 0.25) is 0 Å². The zero-order valence-electron chi connectivity index (χ0n) is 14.4. The Hall–Kier alpha value is -2.47. The first-order chi connectivity index (χ1) is 12.1. The third kappa shape index (κ3) is 3.96. The first-order valence-electron chi connectivity index (χ1n) is 8.37. The van der Waals surface area contributed by atoms with Gasteiger partial charge in [0.1, 0.15) is 0 Å². The maximum Gasteiger partial charge on any atom is 0.273 e. The Kier molecular flexibility index (Phi) is 5.28. The van der Waals surface area contributed by atoms with Gasteiger partial charge in [-0.1, -0.05) is 12.1 Å². The predicted molar refractivity (Wildman–Crippen MR) is 102 cm³/mol. The van der Waals surface area contributed by atoms with E-state index in [1.54, 1.807) is 49.4 Å². The highest BCUT2D eigenvalue weighted by Gasteiger charge is 2.21. The zero-order chi connectivity index (χ0) is 17.8. The van der Waals surface area contributed by atoms with E-state index in [-0.39, 0.29) is 11.8 Å². The van der Waals surface area contributed by atoms with Gasteiger partial charge in [-0.15, -0.1) is 11.3 Å². The summed E-state index contributed by atoms with van der Waals surface area (Å²) in [6.45, 7) is 3.60. The highest BCUT2D eigenvalue weighted by Crippen LogP contribution is 2.30. The fourth-order valence-electron chi connectivity index (χ4n) is 2.89. The van der Waals surface area contributed by atoms with Crippen LogP contribution in [0.2, 0.25) is 0 Å². The van der Waals surface area contributed by atoms with Crippen molar-refractivity contribution in [2.24, 2.45) is 5.10 Å². The lowest BCUT2D eigenvalue weighted by Gasteiger charge is -2.14. The number of amides is 2. The summed E-state index contributed by atoms with van der Waals surface area (Å²) in [6.07, 6.45) is 4.32. The van der Waals surface area contributed by atoms with Crippen molar-refractivity contribution in [2.75, 3.05) is 5.32 Å². The molecule has 1 aliphatic carbocycles. The Bertz CT molecular complexity index is 835. The molecule has 6 heteroatoms. The Balaban J connectivity index is 1.81. The monoisotopic (exact) mass is 355 g/mol. The van der Waals surface area contributed by atoms with E-state index in [1.807, 2.05) is 5.38 Å². The highest BCUT2D eigenvalue weighted by molar-refractivity contribution is 7.10. The second-order valence-corrected chi connectivity index (χ2v) is 7.22. The summed E-state index contributed by atoms with van der Waals surface area (Å²) in [4.78, 5) is 26.3. The Morgan fingerprint density at radius 2 is 1.80 bits per heavy atom. The normalized spacial score (nSPS) is 12.9. The molecule has 2 N–H and O–H groups in total. The van der Waals surface area contributed by atoms with Crippen LogP contribution in [0.4, 0.5) is 5.69 Å². The molecule has 130 valence electrons. The van der Waals surface area contributed by atoms with E-state index >= 15 is 0 Å². The summed E-state index contributed by atoms with van der Waals surface area (Å²) in [5.41, 5.74) is 6.03. The van der Waals surface area contributed by atoms with Crippen molar-refractivity contribution >= 4 is 34.6 Å². The molecule has 0 spiro atoms. The smallest absolute Gasteiger partial charge is 0.273 e. The number of thiophene rings is 1. The fourth-order valence-corrected chi connectivity index (χ4v) is 4.01. The van der Waals surface area contributed by atoms with Crippen LogP contribution in [0.25, 0.3) is 0 Å². The summed E-state index contributed by atoms with van der Waals surface area (Å²) in [7, 11) is 0. The first kappa shape index (κ1) is 17.4. The average molecular weight is 355 g/mol. The number of carbonyl (C=O) groups is 2. The number of rotatable bonds is 4. The molecular weight excluding hydrogens is 334 g/mol. The largest absolute Gasteiger partial charge is 0.321 e. The second kappa shape index (κ2) is 7.61. The summed E-state index contributed by atoms with van der Waals surface area (Å²) in [6, 6.07) is 6.96. The lowest BCUT2D eigenvalue weighted by atomic mass is 9.95. The molecule has 5 nitrogen and oxygen atoms in total. The van der Waals surface area contributed by atoms with Crippen molar-refractivity contribution in [3.05, 3.63) is 51.2 Å². The van der Waals surface area contributed by atoms with E-state index in [0.717, 1.165) is 30.5 Å². The number of hydrazone groups is 1. The van der Waals surface area contributed by atoms with Crippen molar-refractivity contribution in [1.29, 1.82) is 0 Å². The molecule has 0 aliphatic heterocycles. The van der Waals surface area contributed by atoms with Crippen LogP contribution in [0.3, 0.4) is 0 Å². The predicted octanol–water partition coefficient (Wildman–Crippen LogP) is 4.00. The number of nitrogens with zero attached hydrogens (tertiary/aromatic N) is 1. The summed E-state index contributed by atoms with van der Waals surface area (Å²) in [5, 5.41) is 8.75. The van der Waals surface area contributed by atoms with Crippen LogP contribution >= 0.6 is 11.3 Å². The molecule has 3 rings (SSSR count). The SMILES string of the molecule is CC(C)=NNC(=O)c1ccccc1NC(=O)c1csc2c1CCCC2. The lowest BCUT2D eigenvalue weighted by molar-refractivity contribution is 0.0955. The minimum absolute atomic E-state index is 0.158. The van der Waals surface area contributed by atoms with Gasteiger partial charge in [-0.2, -0.15) is 5.10 Å². The molecule has 1 aromatic heterocycles. The quantitative estimate of drug-likeness (QED) is 0.643. The van der Waals surface area contributed by atoms with Crippen molar-refractivity contribution in [3.63, 3.8) is 0 Å². The van der Waals surface area contributed by atoms with Crippen LogP contribution in [-0.4, -0.2) is 17.5 Å². The molecule has 1 aromatic carbocycles. The minimum atomic E-state index is -0.343. The van der Waals surface area contributed by atoms with Crippen LogP contribution in [0.5, 0.6) is 0 Å². The van der Waals surface area contributed by atoms with Gasteiger partial charge in [0.25, 0.3) is 11.8 Å². The molecular formula is C19H21N3O2S. The van der Waals surface area contributed by atoms with Crippen molar-refractivity contribution in [3.8, 4) is 0 Å². The van der Waals surface area contributed by atoms with Crippen molar-refractivity contribution < 1.29 is 9.59 Å². The molecule has 0 unspecified atom stereocenters. The van der Waals surface area contributed by atoms with Gasteiger partial charge in [0.05, 0.1) is 16.8 Å². The van der Waals surface area contributed by atoms with Gasteiger partial charge in [0.15, 0.2) is 0 Å². The summed E-state index contributed by atoms with van der Waals surface area (Å²) >= 11 is 1.65. The zero-order valence-corrected chi connectivity index (χ0v) is 15.2. The molecule has 0 saturated carbocycles. The molecule has 0 bridgehead atoms. The minimum Gasteiger partial charge on any atom is -0.321 e. The third-order valence-electron chi connectivity index (χ3n) is 4.11. The maximum atomic E-state index is 12.7. The number of nitrogens with one attached hydrogen (secondary N) is 2. The molecule has 0 fully saturated rings. The van der Waals surface area contributed by atoms with Gasteiger partial charge in [0, 0.05) is 16.0 Å². The van der Waals surface area contributed by atoms with Gasteiger partial charge >= 0.3 is 0 Å². The van der Waals surface area contributed by atoms with E-state index in [2.05, 4.69) is 15.8 Å². The second-order valence-electron chi connectivity index (χ2n) is 6.26. The van der Waals surface area contributed by atoms with E-state index in [9.17, 15) is 9.59 Å². The molecule has 1 heterocycles.